The molecule has 1 amide bonds. The molecular weight excluding hydrogens is 436 g/mol. The van der Waals surface area contributed by atoms with E-state index in [4.69, 9.17) is 11.6 Å². The standard InChI is InChI=1S/C27H23ClN2O3/c1-17(2)18-8-11-21(12-9-18)29-25(31)16-30-15-23(26(32)19-6-4-3-5-7-19)27(33)22-14-20(28)10-13-24(22)30/h3-15,17H,16H2,1-2H3,(H,29,31). The molecule has 0 spiro atoms. The summed E-state index contributed by atoms with van der Waals surface area (Å²) in [6.45, 7) is 4.14. The number of hydrogen-bond donors (Lipinski definition) is 1. The van der Waals surface area contributed by atoms with E-state index in [1.807, 2.05) is 24.3 Å². The average molecular weight is 459 g/mol. The van der Waals surface area contributed by atoms with Crippen LogP contribution in [0.4, 0.5) is 5.69 Å². The van der Waals surface area contributed by atoms with Crippen LogP contribution in [0.25, 0.3) is 10.9 Å². The first-order valence-corrected chi connectivity index (χ1v) is 11.0. The molecule has 0 radical (unpaired) electrons. The van der Waals surface area contributed by atoms with Crippen molar-refractivity contribution in [2.24, 2.45) is 0 Å². The topological polar surface area (TPSA) is 68.2 Å². The smallest absolute Gasteiger partial charge is 0.244 e. The Bertz CT molecular complexity index is 1390. The number of pyridine rings is 1. The Morgan fingerprint density at radius 1 is 0.970 bits per heavy atom. The molecule has 0 saturated heterocycles. The SMILES string of the molecule is CC(C)c1ccc(NC(=O)Cn2cc(C(=O)c3ccccc3)c(=O)c3cc(Cl)ccc32)cc1. The van der Waals surface area contributed by atoms with Gasteiger partial charge < -0.3 is 9.88 Å². The van der Waals surface area contributed by atoms with Gasteiger partial charge in [-0.1, -0.05) is 67.9 Å². The molecule has 33 heavy (non-hydrogen) atoms. The molecule has 3 aromatic carbocycles. The number of benzene rings is 3. The monoisotopic (exact) mass is 458 g/mol. The summed E-state index contributed by atoms with van der Waals surface area (Å²) in [5.74, 6) is -0.277. The van der Waals surface area contributed by atoms with Crippen molar-refractivity contribution in [3.63, 3.8) is 0 Å². The number of nitrogens with zero attached hydrogens (tertiary/aromatic N) is 1. The summed E-state index contributed by atoms with van der Waals surface area (Å²) in [6.07, 6.45) is 1.45. The quantitative estimate of drug-likeness (QED) is 0.380. The highest BCUT2D eigenvalue weighted by atomic mass is 35.5. The van der Waals surface area contributed by atoms with Crippen molar-refractivity contribution in [2.75, 3.05) is 5.32 Å². The Hall–Kier alpha value is -3.70. The van der Waals surface area contributed by atoms with E-state index in [2.05, 4.69) is 19.2 Å². The largest absolute Gasteiger partial charge is 0.337 e. The lowest BCUT2D eigenvalue weighted by Crippen LogP contribution is -2.24. The van der Waals surface area contributed by atoms with Gasteiger partial charge in [-0.3, -0.25) is 14.4 Å². The first kappa shape index (κ1) is 22.5. The second-order valence-corrected chi connectivity index (χ2v) is 8.62. The number of ketones is 1. The van der Waals surface area contributed by atoms with Gasteiger partial charge in [0.05, 0.1) is 11.1 Å². The summed E-state index contributed by atoms with van der Waals surface area (Å²) < 4.78 is 1.61. The number of amides is 1. The van der Waals surface area contributed by atoms with Gasteiger partial charge in [0.25, 0.3) is 0 Å². The molecule has 0 bridgehead atoms. The van der Waals surface area contributed by atoms with E-state index >= 15 is 0 Å². The summed E-state index contributed by atoms with van der Waals surface area (Å²) in [6, 6.07) is 21.1. The maximum absolute atomic E-state index is 13.1. The van der Waals surface area contributed by atoms with Crippen LogP contribution in [0.3, 0.4) is 0 Å². The number of rotatable bonds is 6. The molecule has 4 rings (SSSR count). The Balaban J connectivity index is 1.70. The van der Waals surface area contributed by atoms with E-state index in [1.54, 1.807) is 47.0 Å². The number of nitrogens with one attached hydrogen (secondary N) is 1. The second kappa shape index (κ2) is 9.43. The van der Waals surface area contributed by atoms with Crippen molar-refractivity contribution < 1.29 is 9.59 Å². The van der Waals surface area contributed by atoms with Crippen LogP contribution in [0.1, 0.15) is 41.3 Å². The molecule has 0 aliphatic rings. The number of aromatic nitrogens is 1. The van der Waals surface area contributed by atoms with Crippen molar-refractivity contribution in [1.82, 2.24) is 4.57 Å². The highest BCUT2D eigenvalue weighted by Gasteiger charge is 2.18. The summed E-state index contributed by atoms with van der Waals surface area (Å²) in [5, 5.41) is 3.55. The predicted molar refractivity (Wildman–Crippen MR) is 132 cm³/mol. The van der Waals surface area contributed by atoms with Crippen LogP contribution in [0, 0.1) is 0 Å². The highest BCUT2D eigenvalue weighted by molar-refractivity contribution is 6.31. The maximum atomic E-state index is 13.1. The highest BCUT2D eigenvalue weighted by Crippen LogP contribution is 2.20. The summed E-state index contributed by atoms with van der Waals surface area (Å²) in [7, 11) is 0. The number of halogens is 1. The number of anilines is 1. The van der Waals surface area contributed by atoms with Crippen LogP contribution >= 0.6 is 11.6 Å². The number of fused-ring (bicyclic) bond motifs is 1. The van der Waals surface area contributed by atoms with Crippen LogP contribution in [-0.4, -0.2) is 16.3 Å². The normalized spacial score (nSPS) is 11.0. The van der Waals surface area contributed by atoms with Crippen LogP contribution < -0.4 is 10.7 Å². The van der Waals surface area contributed by atoms with Crippen LogP contribution in [0.5, 0.6) is 0 Å². The fraction of sp³-hybridized carbons (Fsp3) is 0.148. The van der Waals surface area contributed by atoms with Gasteiger partial charge in [0.1, 0.15) is 6.54 Å². The van der Waals surface area contributed by atoms with E-state index in [0.717, 1.165) is 0 Å². The zero-order valence-electron chi connectivity index (χ0n) is 18.3. The van der Waals surface area contributed by atoms with Crippen molar-refractivity contribution in [1.29, 1.82) is 0 Å². The summed E-state index contributed by atoms with van der Waals surface area (Å²) in [5.41, 5.74) is 2.36. The lowest BCUT2D eigenvalue weighted by atomic mass is 10.0. The molecule has 0 atom stereocenters. The molecule has 6 heteroatoms. The molecule has 1 heterocycles. The molecule has 0 fully saturated rings. The zero-order chi connectivity index (χ0) is 23.5. The molecular formula is C27H23ClN2O3. The molecule has 1 aromatic heterocycles. The first-order chi connectivity index (χ1) is 15.8. The Morgan fingerprint density at radius 2 is 1.67 bits per heavy atom. The molecule has 4 aromatic rings. The van der Waals surface area contributed by atoms with E-state index < -0.39 is 11.2 Å². The Kier molecular flexibility index (Phi) is 6.43. The molecule has 0 saturated carbocycles. The van der Waals surface area contributed by atoms with E-state index in [0.29, 0.717) is 33.1 Å². The van der Waals surface area contributed by atoms with Crippen LogP contribution in [-0.2, 0) is 11.3 Å². The fourth-order valence-corrected chi connectivity index (χ4v) is 3.89. The van der Waals surface area contributed by atoms with E-state index in [9.17, 15) is 14.4 Å². The first-order valence-electron chi connectivity index (χ1n) is 10.7. The minimum Gasteiger partial charge on any atom is -0.337 e. The van der Waals surface area contributed by atoms with Crippen molar-refractivity contribution >= 4 is 39.9 Å². The zero-order valence-corrected chi connectivity index (χ0v) is 19.1. The Labute approximate surface area is 196 Å². The minimum atomic E-state index is -0.415. The second-order valence-electron chi connectivity index (χ2n) is 8.18. The van der Waals surface area contributed by atoms with E-state index in [1.165, 1.54) is 17.8 Å². The molecule has 0 unspecified atom stereocenters. The molecule has 166 valence electrons. The van der Waals surface area contributed by atoms with Gasteiger partial charge in [-0.25, -0.2) is 0 Å². The maximum Gasteiger partial charge on any atom is 0.244 e. The lowest BCUT2D eigenvalue weighted by Gasteiger charge is -2.14. The average Bonchev–Trinajstić information content (AvgIpc) is 2.81. The van der Waals surface area contributed by atoms with Crippen molar-refractivity contribution in [2.45, 2.75) is 26.3 Å². The van der Waals surface area contributed by atoms with Gasteiger partial charge in [-0.15, -0.1) is 0 Å². The van der Waals surface area contributed by atoms with Crippen LogP contribution in [0.2, 0.25) is 5.02 Å². The molecule has 5 nitrogen and oxygen atoms in total. The third-order valence-electron chi connectivity index (χ3n) is 5.50. The van der Waals surface area contributed by atoms with Crippen molar-refractivity contribution in [3.8, 4) is 0 Å². The third kappa shape index (κ3) is 4.89. The molecule has 1 N–H and O–H groups in total. The summed E-state index contributed by atoms with van der Waals surface area (Å²) >= 11 is 6.13. The molecule has 0 aliphatic carbocycles. The summed E-state index contributed by atoms with van der Waals surface area (Å²) in [4.78, 5) is 39.0. The number of carbonyl (C=O) groups excluding carboxylic acids is 2. The lowest BCUT2D eigenvalue weighted by molar-refractivity contribution is -0.116. The van der Waals surface area contributed by atoms with Gasteiger partial charge in [0.15, 0.2) is 5.78 Å². The van der Waals surface area contributed by atoms with Gasteiger partial charge in [-0.2, -0.15) is 0 Å². The van der Waals surface area contributed by atoms with Gasteiger partial charge in [0, 0.05) is 27.9 Å². The fourth-order valence-electron chi connectivity index (χ4n) is 3.71. The molecule has 0 aliphatic heterocycles. The van der Waals surface area contributed by atoms with E-state index in [-0.39, 0.29) is 18.0 Å². The number of carbonyl (C=O) groups is 2. The number of hydrogen-bond acceptors (Lipinski definition) is 3. The van der Waals surface area contributed by atoms with Crippen molar-refractivity contribution in [3.05, 3.63) is 111 Å². The van der Waals surface area contributed by atoms with Gasteiger partial charge >= 0.3 is 0 Å². The van der Waals surface area contributed by atoms with Crippen LogP contribution in [0.15, 0.2) is 83.8 Å². The Morgan fingerprint density at radius 3 is 2.33 bits per heavy atom. The third-order valence-corrected chi connectivity index (χ3v) is 5.73. The minimum absolute atomic E-state index is 0.00921. The van der Waals surface area contributed by atoms with Gasteiger partial charge in [-0.05, 0) is 41.8 Å². The van der Waals surface area contributed by atoms with Gasteiger partial charge in [0.2, 0.25) is 11.3 Å². The predicted octanol–water partition coefficient (Wildman–Crippen LogP) is 5.65.